The molecule has 0 aliphatic heterocycles. The highest BCUT2D eigenvalue weighted by molar-refractivity contribution is 6.34. The number of primary amides is 1. The van der Waals surface area contributed by atoms with Crippen molar-refractivity contribution >= 4 is 17.9 Å². The van der Waals surface area contributed by atoms with Crippen molar-refractivity contribution in [2.45, 2.75) is 64.8 Å². The van der Waals surface area contributed by atoms with Gasteiger partial charge in [-0.3, -0.25) is 9.69 Å². The van der Waals surface area contributed by atoms with Crippen molar-refractivity contribution in [1.82, 2.24) is 4.90 Å². The summed E-state index contributed by atoms with van der Waals surface area (Å²) >= 11 is 0. The number of hydrogen-bond acceptors (Lipinski definition) is 3. The predicted molar refractivity (Wildman–Crippen MR) is 71.5 cm³/mol. The van der Waals surface area contributed by atoms with Gasteiger partial charge in [0.1, 0.15) is 0 Å². The lowest BCUT2D eigenvalue weighted by molar-refractivity contribution is -0.155. The normalized spacial score (nSPS) is 11.9. The van der Waals surface area contributed by atoms with Gasteiger partial charge in [-0.15, -0.1) is 0 Å². The predicted octanol–water partition coefficient (Wildman–Crippen LogP) is 2.12. The molecule has 0 aliphatic carbocycles. The minimum absolute atomic E-state index is 0.410. The maximum atomic E-state index is 11.5. The summed E-state index contributed by atoms with van der Waals surface area (Å²) in [4.78, 5) is 34.4. The number of nitrogens with zero attached hydrogens (tertiary/aromatic N) is 1. The van der Waals surface area contributed by atoms with Crippen LogP contribution in [0.1, 0.15) is 58.8 Å². The number of carbonyl (C=O) groups is 3. The second kappa shape index (κ2) is 9.35. The molecule has 6 heteroatoms. The third kappa shape index (κ3) is 6.22. The smallest absolute Gasteiger partial charge is 0.395 e. The first kappa shape index (κ1) is 17.4. The molecule has 0 saturated heterocycles. The minimum Gasteiger partial charge on any atom is -0.474 e. The van der Waals surface area contributed by atoms with Crippen LogP contribution in [0.3, 0.4) is 0 Å². The Bertz CT molecular complexity index is 318. The summed E-state index contributed by atoms with van der Waals surface area (Å²) in [5, 5.41) is 8.75. The Hall–Kier alpha value is -1.59. The Morgan fingerprint density at radius 2 is 1.58 bits per heavy atom. The highest BCUT2D eigenvalue weighted by atomic mass is 16.4. The van der Waals surface area contributed by atoms with Crippen molar-refractivity contribution in [1.29, 1.82) is 0 Å². The lowest BCUT2D eigenvalue weighted by Gasteiger charge is -2.27. The molecule has 110 valence electrons. The van der Waals surface area contributed by atoms with E-state index in [4.69, 9.17) is 10.8 Å². The van der Waals surface area contributed by atoms with Gasteiger partial charge in [-0.1, -0.05) is 46.0 Å². The number of unbranched alkanes of at least 4 members (excludes halogenated alkanes) is 3. The monoisotopic (exact) mass is 272 g/mol. The molecule has 19 heavy (non-hydrogen) atoms. The lowest BCUT2D eigenvalue weighted by atomic mass is 10.0. The summed E-state index contributed by atoms with van der Waals surface area (Å²) in [7, 11) is 0. The molecular weight excluding hydrogens is 248 g/mol. The van der Waals surface area contributed by atoms with Crippen molar-refractivity contribution in [3.63, 3.8) is 0 Å². The van der Waals surface area contributed by atoms with Crippen LogP contribution >= 0.6 is 0 Å². The van der Waals surface area contributed by atoms with Crippen LogP contribution in [0.15, 0.2) is 0 Å². The zero-order chi connectivity index (χ0) is 14.8. The molecule has 0 aromatic carbocycles. The molecule has 1 unspecified atom stereocenters. The summed E-state index contributed by atoms with van der Waals surface area (Å²) in [5.41, 5.74) is 5.16. The Kier molecular flexibility index (Phi) is 8.57. The van der Waals surface area contributed by atoms with Crippen LogP contribution < -0.4 is 5.73 Å². The van der Waals surface area contributed by atoms with Crippen LogP contribution in [0.25, 0.3) is 0 Å². The molecule has 3 N–H and O–H groups in total. The summed E-state index contributed by atoms with van der Waals surface area (Å²) in [5.74, 6) is -2.87. The molecule has 6 nitrogen and oxygen atoms in total. The summed E-state index contributed by atoms with van der Waals surface area (Å²) in [6.07, 6.45) is 5.80. The fourth-order valence-corrected chi connectivity index (χ4v) is 2.02. The first-order valence-corrected chi connectivity index (χ1v) is 6.81. The largest absolute Gasteiger partial charge is 0.474 e. The van der Waals surface area contributed by atoms with Crippen molar-refractivity contribution in [2.24, 2.45) is 5.73 Å². The SMILES string of the molecule is CCCCCC(CCCC)N(C(N)=O)C(=O)C(=O)O. The number of amides is 3. The van der Waals surface area contributed by atoms with E-state index < -0.39 is 23.9 Å². The Labute approximate surface area is 113 Å². The minimum atomic E-state index is -1.64. The van der Waals surface area contributed by atoms with Gasteiger partial charge in [-0.2, -0.15) is 0 Å². The highest BCUT2D eigenvalue weighted by Gasteiger charge is 2.31. The van der Waals surface area contributed by atoms with Crippen molar-refractivity contribution < 1.29 is 19.5 Å². The molecular formula is C13H24N2O4. The summed E-state index contributed by atoms with van der Waals surface area (Å²) in [6, 6.07) is -1.39. The maximum absolute atomic E-state index is 11.5. The maximum Gasteiger partial charge on any atom is 0.395 e. The topological polar surface area (TPSA) is 101 Å². The van der Waals surface area contributed by atoms with Gasteiger partial charge in [0.2, 0.25) is 0 Å². The molecule has 1 atom stereocenters. The van der Waals surface area contributed by atoms with Crippen LogP contribution in [-0.4, -0.2) is 34.0 Å². The number of hydrogen-bond donors (Lipinski definition) is 2. The molecule has 0 saturated carbocycles. The van der Waals surface area contributed by atoms with Gasteiger partial charge >= 0.3 is 17.9 Å². The van der Waals surface area contributed by atoms with Gasteiger partial charge < -0.3 is 10.8 Å². The number of urea groups is 1. The molecule has 3 amide bonds. The number of aliphatic carboxylic acids is 1. The van der Waals surface area contributed by atoms with E-state index in [1.165, 1.54) is 0 Å². The van der Waals surface area contributed by atoms with Gasteiger partial charge in [0.05, 0.1) is 0 Å². The van der Waals surface area contributed by atoms with Gasteiger partial charge in [-0.25, -0.2) is 9.59 Å². The molecule has 0 rings (SSSR count). The van der Waals surface area contributed by atoms with Crippen molar-refractivity contribution in [3.05, 3.63) is 0 Å². The van der Waals surface area contributed by atoms with Gasteiger partial charge in [0, 0.05) is 6.04 Å². The number of imide groups is 1. The van der Waals surface area contributed by atoms with E-state index in [0.29, 0.717) is 17.7 Å². The zero-order valence-electron chi connectivity index (χ0n) is 11.7. The number of nitrogens with two attached hydrogens (primary N) is 1. The summed E-state index contributed by atoms with van der Waals surface area (Å²) in [6.45, 7) is 4.05. The third-order valence-electron chi connectivity index (χ3n) is 3.04. The molecule has 0 bridgehead atoms. The van der Waals surface area contributed by atoms with Crippen LogP contribution in [-0.2, 0) is 9.59 Å². The Morgan fingerprint density at radius 3 is 2.00 bits per heavy atom. The summed E-state index contributed by atoms with van der Waals surface area (Å²) < 4.78 is 0. The van der Waals surface area contributed by atoms with E-state index in [1.807, 2.05) is 6.92 Å². The second-order valence-electron chi connectivity index (χ2n) is 4.61. The molecule has 0 aliphatic rings. The molecule has 0 heterocycles. The van der Waals surface area contributed by atoms with E-state index in [1.54, 1.807) is 0 Å². The number of carbonyl (C=O) groups excluding carboxylic acids is 2. The van der Waals surface area contributed by atoms with Crippen molar-refractivity contribution in [3.8, 4) is 0 Å². The molecule has 0 aromatic heterocycles. The van der Waals surface area contributed by atoms with Gasteiger partial charge in [0.25, 0.3) is 0 Å². The first-order chi connectivity index (χ1) is 8.95. The van der Waals surface area contributed by atoms with Gasteiger partial charge in [-0.05, 0) is 12.8 Å². The molecule has 0 fully saturated rings. The standard InChI is InChI=1S/C13H24N2O4/c1-3-5-7-9-10(8-6-4-2)15(13(14)19)11(16)12(17)18/h10H,3-9H2,1-2H3,(H2,14,19)(H,17,18). The van der Waals surface area contributed by atoms with E-state index >= 15 is 0 Å². The second-order valence-corrected chi connectivity index (χ2v) is 4.61. The third-order valence-corrected chi connectivity index (χ3v) is 3.04. The Morgan fingerprint density at radius 1 is 1.05 bits per heavy atom. The Balaban J connectivity index is 4.85. The highest BCUT2D eigenvalue weighted by Crippen LogP contribution is 2.17. The van der Waals surface area contributed by atoms with Crippen LogP contribution in [0.2, 0.25) is 0 Å². The first-order valence-electron chi connectivity index (χ1n) is 6.81. The molecule has 0 spiro atoms. The van der Waals surface area contributed by atoms with E-state index in [0.717, 1.165) is 32.1 Å². The zero-order valence-corrected chi connectivity index (χ0v) is 11.7. The molecule has 0 radical (unpaired) electrons. The average Bonchev–Trinajstić information content (AvgIpc) is 2.35. The fourth-order valence-electron chi connectivity index (χ4n) is 2.02. The number of carboxylic acid groups (broad SMARTS) is 1. The lowest BCUT2D eigenvalue weighted by Crippen LogP contribution is -2.50. The number of carboxylic acids is 1. The van der Waals surface area contributed by atoms with Crippen LogP contribution in [0, 0.1) is 0 Å². The fraction of sp³-hybridized carbons (Fsp3) is 0.769. The van der Waals surface area contributed by atoms with Crippen LogP contribution in [0.5, 0.6) is 0 Å². The van der Waals surface area contributed by atoms with Gasteiger partial charge in [0.15, 0.2) is 0 Å². The van der Waals surface area contributed by atoms with Crippen molar-refractivity contribution in [2.75, 3.05) is 0 Å². The van der Waals surface area contributed by atoms with Crippen LogP contribution in [0.4, 0.5) is 4.79 Å². The van der Waals surface area contributed by atoms with E-state index in [9.17, 15) is 14.4 Å². The average molecular weight is 272 g/mol. The quantitative estimate of drug-likeness (QED) is 0.522. The number of rotatable bonds is 8. The van der Waals surface area contributed by atoms with E-state index in [-0.39, 0.29) is 0 Å². The molecule has 0 aromatic rings. The van der Waals surface area contributed by atoms with E-state index in [2.05, 4.69) is 6.92 Å².